The monoisotopic (exact) mass is 278 g/mol. The minimum absolute atomic E-state index is 0. The van der Waals surface area contributed by atoms with Gasteiger partial charge in [0, 0.05) is 30.5 Å². The van der Waals surface area contributed by atoms with E-state index in [1.807, 2.05) is 11.8 Å². The first-order valence-corrected chi connectivity index (χ1v) is 7.40. The van der Waals surface area contributed by atoms with Crippen molar-refractivity contribution in [1.82, 2.24) is 10.2 Å². The molecule has 0 saturated carbocycles. The molecule has 0 spiro atoms. The van der Waals surface area contributed by atoms with Crippen LogP contribution < -0.4 is 5.32 Å². The molecule has 0 aromatic heterocycles. The van der Waals surface area contributed by atoms with Gasteiger partial charge in [-0.15, -0.1) is 12.4 Å². The third-order valence-electron chi connectivity index (χ3n) is 3.52. The smallest absolute Gasteiger partial charge is 0.222 e. The lowest BCUT2D eigenvalue weighted by molar-refractivity contribution is -0.131. The van der Waals surface area contributed by atoms with Gasteiger partial charge in [-0.3, -0.25) is 4.79 Å². The van der Waals surface area contributed by atoms with E-state index in [0.29, 0.717) is 11.2 Å². The lowest BCUT2D eigenvalue weighted by Gasteiger charge is -2.30. The summed E-state index contributed by atoms with van der Waals surface area (Å²) >= 11 is 1.98. The molecule has 2 heterocycles. The Morgan fingerprint density at radius 3 is 3.00 bits per heavy atom. The molecular formula is C12H23ClN2OS. The van der Waals surface area contributed by atoms with Crippen molar-refractivity contribution in [2.24, 2.45) is 5.92 Å². The topological polar surface area (TPSA) is 32.3 Å². The van der Waals surface area contributed by atoms with Crippen LogP contribution in [-0.2, 0) is 4.79 Å². The van der Waals surface area contributed by atoms with Crippen LogP contribution in [0.2, 0.25) is 0 Å². The van der Waals surface area contributed by atoms with Gasteiger partial charge in [0.05, 0.1) is 0 Å². The highest BCUT2D eigenvalue weighted by atomic mass is 35.5. The average molecular weight is 279 g/mol. The lowest BCUT2D eigenvalue weighted by Crippen LogP contribution is -2.41. The molecule has 100 valence electrons. The number of halogens is 1. The van der Waals surface area contributed by atoms with Crippen molar-refractivity contribution in [1.29, 1.82) is 0 Å². The van der Waals surface area contributed by atoms with Gasteiger partial charge < -0.3 is 10.2 Å². The zero-order valence-electron chi connectivity index (χ0n) is 10.5. The van der Waals surface area contributed by atoms with Crippen LogP contribution in [0.25, 0.3) is 0 Å². The number of carbonyl (C=O) groups is 1. The van der Waals surface area contributed by atoms with Gasteiger partial charge in [0.2, 0.25) is 5.91 Å². The normalized spacial score (nSPS) is 28.9. The highest BCUT2D eigenvalue weighted by Crippen LogP contribution is 2.20. The molecule has 2 unspecified atom stereocenters. The first-order chi connectivity index (χ1) is 7.75. The maximum Gasteiger partial charge on any atom is 0.222 e. The molecule has 0 aromatic rings. The van der Waals surface area contributed by atoms with E-state index in [0.717, 1.165) is 50.7 Å². The predicted molar refractivity (Wildman–Crippen MR) is 76.0 cm³/mol. The molecule has 1 N–H and O–H groups in total. The molecule has 17 heavy (non-hydrogen) atoms. The van der Waals surface area contributed by atoms with E-state index in [4.69, 9.17) is 0 Å². The second-order valence-electron chi connectivity index (χ2n) is 4.92. The Balaban J connectivity index is 0.00000144. The molecule has 2 saturated heterocycles. The van der Waals surface area contributed by atoms with E-state index in [-0.39, 0.29) is 12.4 Å². The summed E-state index contributed by atoms with van der Waals surface area (Å²) in [7, 11) is 0. The maximum absolute atomic E-state index is 12.0. The summed E-state index contributed by atoms with van der Waals surface area (Å²) in [5.41, 5.74) is 0. The Kier molecular flexibility index (Phi) is 6.67. The Morgan fingerprint density at radius 2 is 2.35 bits per heavy atom. The maximum atomic E-state index is 12.0. The molecule has 5 heteroatoms. The summed E-state index contributed by atoms with van der Waals surface area (Å²) in [6.07, 6.45) is 3.08. The van der Waals surface area contributed by atoms with Crippen LogP contribution in [0, 0.1) is 5.92 Å². The summed E-state index contributed by atoms with van der Waals surface area (Å²) < 4.78 is 0. The van der Waals surface area contributed by atoms with E-state index in [1.54, 1.807) is 0 Å². The van der Waals surface area contributed by atoms with Gasteiger partial charge in [-0.1, -0.05) is 6.92 Å². The fourth-order valence-corrected chi connectivity index (χ4v) is 3.51. The second-order valence-corrected chi connectivity index (χ2v) is 6.46. The van der Waals surface area contributed by atoms with Crippen LogP contribution in [0.4, 0.5) is 0 Å². The van der Waals surface area contributed by atoms with Crippen LogP contribution in [0.3, 0.4) is 0 Å². The van der Waals surface area contributed by atoms with Gasteiger partial charge in [-0.25, -0.2) is 0 Å². The second kappa shape index (κ2) is 7.49. The Hall–Kier alpha value is 0.0700. The van der Waals surface area contributed by atoms with Crippen molar-refractivity contribution in [3.63, 3.8) is 0 Å². The quantitative estimate of drug-likeness (QED) is 0.854. The number of nitrogens with zero attached hydrogens (tertiary/aromatic N) is 1. The standard InChI is InChI=1S/C12H22N2OS.ClH/c1-10-9-14(6-7-16-10)12(15)3-2-11-4-5-13-8-11;/h10-11,13H,2-9H2,1H3;1H. The molecule has 2 atom stereocenters. The van der Waals surface area contributed by atoms with Gasteiger partial charge in [-0.05, 0) is 31.8 Å². The fourth-order valence-electron chi connectivity index (χ4n) is 2.49. The summed E-state index contributed by atoms with van der Waals surface area (Å²) in [6, 6.07) is 0. The molecule has 0 aliphatic carbocycles. The van der Waals surface area contributed by atoms with Crippen molar-refractivity contribution in [3.05, 3.63) is 0 Å². The van der Waals surface area contributed by atoms with Crippen molar-refractivity contribution < 1.29 is 4.79 Å². The third kappa shape index (κ3) is 4.68. The van der Waals surface area contributed by atoms with Crippen LogP contribution in [0.15, 0.2) is 0 Å². The van der Waals surface area contributed by atoms with Crippen LogP contribution >= 0.6 is 24.2 Å². The molecule has 3 nitrogen and oxygen atoms in total. The summed E-state index contributed by atoms with van der Waals surface area (Å²) in [6.45, 7) is 6.37. The first-order valence-electron chi connectivity index (χ1n) is 6.36. The van der Waals surface area contributed by atoms with Gasteiger partial charge in [0.15, 0.2) is 0 Å². The van der Waals surface area contributed by atoms with Crippen LogP contribution in [0.1, 0.15) is 26.2 Å². The minimum atomic E-state index is 0. The molecule has 2 fully saturated rings. The fraction of sp³-hybridized carbons (Fsp3) is 0.917. The van der Waals surface area contributed by atoms with E-state index in [1.165, 1.54) is 6.42 Å². The number of carbonyl (C=O) groups excluding carboxylic acids is 1. The lowest BCUT2D eigenvalue weighted by atomic mass is 10.0. The average Bonchev–Trinajstić information content (AvgIpc) is 2.78. The largest absolute Gasteiger partial charge is 0.341 e. The summed E-state index contributed by atoms with van der Waals surface area (Å²) in [5.74, 6) is 2.22. The summed E-state index contributed by atoms with van der Waals surface area (Å²) in [5, 5.41) is 3.97. The zero-order chi connectivity index (χ0) is 11.4. The predicted octanol–water partition coefficient (Wildman–Crippen LogP) is 1.76. The van der Waals surface area contributed by atoms with Gasteiger partial charge in [0.1, 0.15) is 0 Å². The number of hydrogen-bond acceptors (Lipinski definition) is 3. The highest BCUT2D eigenvalue weighted by molar-refractivity contribution is 7.99. The Bertz CT molecular complexity index is 247. The highest BCUT2D eigenvalue weighted by Gasteiger charge is 2.22. The number of nitrogens with one attached hydrogen (secondary N) is 1. The van der Waals surface area contributed by atoms with Gasteiger partial charge in [-0.2, -0.15) is 11.8 Å². The molecule has 1 amide bonds. The van der Waals surface area contributed by atoms with Crippen molar-refractivity contribution in [2.75, 3.05) is 31.9 Å². The zero-order valence-corrected chi connectivity index (χ0v) is 12.1. The van der Waals surface area contributed by atoms with E-state index in [9.17, 15) is 4.79 Å². The van der Waals surface area contributed by atoms with E-state index < -0.39 is 0 Å². The number of thioether (sulfide) groups is 1. The SMILES string of the molecule is CC1CN(C(=O)CCC2CCNC2)CCS1.Cl. The number of amides is 1. The Morgan fingerprint density at radius 1 is 1.53 bits per heavy atom. The number of rotatable bonds is 3. The molecule has 2 aliphatic heterocycles. The van der Waals surface area contributed by atoms with Crippen molar-refractivity contribution in [2.45, 2.75) is 31.4 Å². The molecule has 2 rings (SSSR count). The summed E-state index contributed by atoms with van der Waals surface area (Å²) in [4.78, 5) is 14.1. The molecule has 0 radical (unpaired) electrons. The van der Waals surface area contributed by atoms with E-state index in [2.05, 4.69) is 17.1 Å². The van der Waals surface area contributed by atoms with E-state index >= 15 is 0 Å². The third-order valence-corrected chi connectivity index (χ3v) is 4.66. The minimum Gasteiger partial charge on any atom is -0.341 e. The molecule has 0 bridgehead atoms. The van der Waals surface area contributed by atoms with Gasteiger partial charge in [0.25, 0.3) is 0 Å². The molecular weight excluding hydrogens is 256 g/mol. The van der Waals surface area contributed by atoms with Crippen molar-refractivity contribution >= 4 is 30.1 Å². The molecule has 2 aliphatic rings. The Labute approximate surface area is 114 Å². The first kappa shape index (κ1) is 15.1. The van der Waals surface area contributed by atoms with Crippen LogP contribution in [-0.4, -0.2) is 48.0 Å². The van der Waals surface area contributed by atoms with Crippen LogP contribution in [0.5, 0.6) is 0 Å². The number of hydrogen-bond donors (Lipinski definition) is 1. The van der Waals surface area contributed by atoms with Crippen molar-refractivity contribution in [3.8, 4) is 0 Å². The molecule has 0 aromatic carbocycles. The van der Waals surface area contributed by atoms with Gasteiger partial charge >= 0.3 is 0 Å².